The highest BCUT2D eigenvalue weighted by Crippen LogP contribution is 2.43. The van der Waals surface area contributed by atoms with Crippen molar-refractivity contribution in [3.8, 4) is 0 Å². The summed E-state index contributed by atoms with van der Waals surface area (Å²) in [6.07, 6.45) is 3.60. The van der Waals surface area contributed by atoms with Crippen LogP contribution in [0.1, 0.15) is 12.8 Å². The van der Waals surface area contributed by atoms with Crippen LogP contribution in [0.15, 0.2) is 12.3 Å². The molecule has 1 spiro atoms. The third-order valence-electron chi connectivity index (χ3n) is 2.71. The number of hydrogen-bond donors (Lipinski definition) is 2. The summed E-state index contributed by atoms with van der Waals surface area (Å²) in [6.45, 7) is 0.880. The molecule has 0 atom stereocenters. The normalized spacial score (nSPS) is 21.6. The summed E-state index contributed by atoms with van der Waals surface area (Å²) in [5.74, 6) is 0.491. The highest BCUT2D eigenvalue weighted by molar-refractivity contribution is 5.68. The van der Waals surface area contributed by atoms with Crippen LogP contribution in [-0.2, 0) is 0 Å². The Hall–Kier alpha value is -1.32. The van der Waals surface area contributed by atoms with Crippen LogP contribution in [0.3, 0.4) is 0 Å². The van der Waals surface area contributed by atoms with Crippen molar-refractivity contribution in [1.82, 2.24) is 4.98 Å². The van der Waals surface area contributed by atoms with E-state index in [4.69, 9.17) is 0 Å². The van der Waals surface area contributed by atoms with Crippen molar-refractivity contribution in [2.24, 2.45) is 0 Å². The lowest BCUT2D eigenvalue weighted by Crippen LogP contribution is -2.35. The van der Waals surface area contributed by atoms with Crippen molar-refractivity contribution < 1.29 is 4.39 Å². The van der Waals surface area contributed by atoms with Crippen molar-refractivity contribution in [2.75, 3.05) is 17.2 Å². The van der Waals surface area contributed by atoms with Gasteiger partial charge in [0.25, 0.3) is 0 Å². The fourth-order valence-electron chi connectivity index (χ4n) is 1.69. The Kier molecular flexibility index (Phi) is 1.17. The first-order valence-electron chi connectivity index (χ1n) is 4.45. The summed E-state index contributed by atoms with van der Waals surface area (Å²) in [5.41, 5.74) is 0.996. The zero-order chi connectivity index (χ0) is 8.89. The fourth-order valence-corrected chi connectivity index (χ4v) is 1.69. The molecule has 3 nitrogen and oxygen atoms in total. The maximum absolute atomic E-state index is 12.8. The summed E-state index contributed by atoms with van der Waals surface area (Å²) in [6, 6.07) is 1.48. The van der Waals surface area contributed by atoms with Crippen LogP contribution in [-0.4, -0.2) is 17.1 Å². The van der Waals surface area contributed by atoms with Gasteiger partial charge in [-0.05, 0) is 12.8 Å². The number of halogens is 1. The van der Waals surface area contributed by atoms with E-state index in [1.807, 2.05) is 0 Å². The number of pyridine rings is 1. The van der Waals surface area contributed by atoms with Gasteiger partial charge in [0.1, 0.15) is 11.6 Å². The maximum atomic E-state index is 12.8. The summed E-state index contributed by atoms with van der Waals surface area (Å²) in [7, 11) is 0. The van der Waals surface area contributed by atoms with Crippen LogP contribution < -0.4 is 10.6 Å². The second-order valence-electron chi connectivity index (χ2n) is 3.81. The van der Waals surface area contributed by atoms with Gasteiger partial charge in [-0.1, -0.05) is 0 Å². The van der Waals surface area contributed by atoms with Crippen LogP contribution in [0.5, 0.6) is 0 Å². The zero-order valence-electron chi connectivity index (χ0n) is 7.10. The molecule has 0 radical (unpaired) electrons. The molecular weight excluding hydrogens is 169 g/mol. The van der Waals surface area contributed by atoms with E-state index in [0.29, 0.717) is 0 Å². The second-order valence-corrected chi connectivity index (χ2v) is 3.81. The van der Waals surface area contributed by atoms with Crippen molar-refractivity contribution in [3.63, 3.8) is 0 Å². The van der Waals surface area contributed by atoms with E-state index in [9.17, 15) is 4.39 Å². The zero-order valence-corrected chi connectivity index (χ0v) is 7.10. The lowest BCUT2D eigenvalue weighted by Gasteiger charge is -2.27. The van der Waals surface area contributed by atoms with Gasteiger partial charge in [0.2, 0.25) is 0 Å². The molecule has 13 heavy (non-hydrogen) atoms. The van der Waals surface area contributed by atoms with Crippen LogP contribution in [0.25, 0.3) is 0 Å². The summed E-state index contributed by atoms with van der Waals surface area (Å²) >= 11 is 0. The Morgan fingerprint density at radius 3 is 3.08 bits per heavy atom. The monoisotopic (exact) mass is 179 g/mol. The van der Waals surface area contributed by atoms with Crippen LogP contribution in [0.4, 0.5) is 15.9 Å². The Balaban J connectivity index is 2.00. The molecule has 1 aromatic heterocycles. The first kappa shape index (κ1) is 7.12. The van der Waals surface area contributed by atoms with Gasteiger partial charge in [-0.15, -0.1) is 0 Å². The van der Waals surface area contributed by atoms with Gasteiger partial charge in [0.15, 0.2) is 0 Å². The largest absolute Gasteiger partial charge is 0.380 e. The summed E-state index contributed by atoms with van der Waals surface area (Å²) in [4.78, 5) is 4.01. The quantitative estimate of drug-likeness (QED) is 0.635. The topological polar surface area (TPSA) is 37.0 Å². The smallest absolute Gasteiger partial charge is 0.150 e. The Labute approximate surface area is 75.4 Å². The molecular formula is C9H10FN3. The highest BCUT2D eigenvalue weighted by Gasteiger charge is 2.45. The van der Waals surface area contributed by atoms with Crippen LogP contribution in [0, 0.1) is 5.82 Å². The van der Waals surface area contributed by atoms with Gasteiger partial charge in [-0.25, -0.2) is 9.37 Å². The third-order valence-corrected chi connectivity index (χ3v) is 2.71. The average Bonchev–Trinajstić information content (AvgIpc) is 2.87. The number of fused-ring (bicyclic) bond motifs is 1. The molecule has 1 aliphatic carbocycles. The van der Waals surface area contributed by atoms with E-state index in [1.165, 1.54) is 25.1 Å². The van der Waals surface area contributed by atoms with Gasteiger partial charge in [0.05, 0.1) is 17.4 Å². The van der Waals surface area contributed by atoms with Gasteiger partial charge >= 0.3 is 0 Å². The minimum absolute atomic E-state index is 0.220. The standard InChI is InChI=1S/C9H10FN3/c10-6-3-7-8(11-4-6)13-9(1-2-9)5-12-7/h3-4,12H,1-2,5H2,(H,11,13). The molecule has 1 fully saturated rings. The molecule has 0 unspecified atom stereocenters. The predicted molar refractivity (Wildman–Crippen MR) is 48.3 cm³/mol. The number of nitrogens with one attached hydrogen (secondary N) is 2. The molecule has 0 bridgehead atoms. The molecule has 0 saturated heterocycles. The number of anilines is 2. The third kappa shape index (κ3) is 1.05. The van der Waals surface area contributed by atoms with E-state index in [2.05, 4.69) is 15.6 Å². The average molecular weight is 179 g/mol. The molecule has 68 valence electrons. The van der Waals surface area contributed by atoms with E-state index < -0.39 is 0 Å². The molecule has 1 aliphatic heterocycles. The molecule has 2 aliphatic rings. The molecule has 4 heteroatoms. The molecule has 0 amide bonds. The maximum Gasteiger partial charge on any atom is 0.150 e. The van der Waals surface area contributed by atoms with Crippen LogP contribution >= 0.6 is 0 Å². The SMILES string of the molecule is Fc1cnc2c(c1)NCC1(CC1)N2. The second kappa shape index (κ2) is 2.13. The molecule has 1 saturated carbocycles. The van der Waals surface area contributed by atoms with Gasteiger partial charge in [-0.3, -0.25) is 0 Å². The Morgan fingerprint density at radius 2 is 2.31 bits per heavy atom. The fraction of sp³-hybridized carbons (Fsp3) is 0.444. The van der Waals surface area contributed by atoms with E-state index in [-0.39, 0.29) is 11.4 Å². The van der Waals surface area contributed by atoms with Crippen molar-refractivity contribution >= 4 is 11.5 Å². The first-order valence-corrected chi connectivity index (χ1v) is 4.45. The minimum atomic E-state index is -0.292. The Morgan fingerprint density at radius 1 is 1.46 bits per heavy atom. The predicted octanol–water partition coefficient (Wildman–Crippen LogP) is 1.59. The molecule has 3 rings (SSSR count). The lowest BCUT2D eigenvalue weighted by atomic mass is 10.2. The molecule has 2 N–H and O–H groups in total. The van der Waals surface area contributed by atoms with E-state index >= 15 is 0 Å². The van der Waals surface area contributed by atoms with Crippen LogP contribution in [0.2, 0.25) is 0 Å². The number of nitrogens with zero attached hydrogens (tertiary/aromatic N) is 1. The molecule has 1 aromatic rings. The lowest BCUT2D eigenvalue weighted by molar-refractivity contribution is 0.619. The highest BCUT2D eigenvalue weighted by atomic mass is 19.1. The van der Waals surface area contributed by atoms with Gasteiger partial charge in [0, 0.05) is 12.6 Å². The van der Waals surface area contributed by atoms with Crippen molar-refractivity contribution in [2.45, 2.75) is 18.4 Å². The van der Waals surface area contributed by atoms with Gasteiger partial charge < -0.3 is 10.6 Å². The summed E-state index contributed by atoms with van der Waals surface area (Å²) < 4.78 is 12.8. The summed E-state index contributed by atoms with van der Waals surface area (Å²) in [5, 5.41) is 6.53. The van der Waals surface area contributed by atoms with Crippen molar-refractivity contribution in [3.05, 3.63) is 18.1 Å². The number of aromatic nitrogens is 1. The molecule has 0 aromatic carbocycles. The van der Waals surface area contributed by atoms with E-state index in [1.54, 1.807) is 0 Å². The molecule has 2 heterocycles. The van der Waals surface area contributed by atoms with E-state index in [0.717, 1.165) is 18.1 Å². The number of rotatable bonds is 0. The number of hydrogen-bond acceptors (Lipinski definition) is 3. The first-order chi connectivity index (χ1) is 6.27. The van der Waals surface area contributed by atoms with Gasteiger partial charge in [-0.2, -0.15) is 0 Å². The van der Waals surface area contributed by atoms with Crippen molar-refractivity contribution in [1.29, 1.82) is 0 Å². The minimum Gasteiger partial charge on any atom is -0.380 e. The Bertz CT molecular complexity index is 360.